The number of likely N-dealkylation sites (N-methyl/N-ethyl adjacent to an activating group) is 1. The van der Waals surface area contributed by atoms with Gasteiger partial charge in [0.2, 0.25) is 11.8 Å². The lowest BCUT2D eigenvalue weighted by molar-refractivity contribution is -0.119. The number of rotatable bonds is 5. The minimum Gasteiger partial charge on any atom is -0.339 e. The molecule has 2 aliphatic rings. The smallest absolute Gasteiger partial charge is 0.241 e. The number of carbonyl (C=O) groups excluding carboxylic acids is 1. The highest BCUT2D eigenvalue weighted by Gasteiger charge is 2.27. The van der Waals surface area contributed by atoms with E-state index in [-0.39, 0.29) is 5.91 Å². The van der Waals surface area contributed by atoms with E-state index < -0.39 is 0 Å². The molecule has 0 saturated heterocycles. The molecular weight excluding hydrogens is 304 g/mol. The van der Waals surface area contributed by atoms with Crippen molar-refractivity contribution in [2.45, 2.75) is 38.1 Å². The highest BCUT2D eigenvalue weighted by molar-refractivity contribution is 5.96. The standard InChI is InChI=1S/C18H22N4O2/c1-21(11-16-19-18(24-20-16)14-6-4-7-14)12-17(23)22-10-9-13-5-2-3-8-15(13)22/h2-3,5,8,14H,4,6-7,9-12H2,1H3. The maximum atomic E-state index is 12.6. The highest BCUT2D eigenvalue weighted by atomic mass is 16.5. The van der Waals surface area contributed by atoms with Crippen molar-refractivity contribution in [3.63, 3.8) is 0 Å². The largest absolute Gasteiger partial charge is 0.339 e. The van der Waals surface area contributed by atoms with E-state index >= 15 is 0 Å². The third kappa shape index (κ3) is 2.94. The van der Waals surface area contributed by atoms with Crippen molar-refractivity contribution >= 4 is 11.6 Å². The summed E-state index contributed by atoms with van der Waals surface area (Å²) < 4.78 is 5.34. The summed E-state index contributed by atoms with van der Waals surface area (Å²) in [5.74, 6) is 1.97. The van der Waals surface area contributed by atoms with Crippen LogP contribution in [0.15, 0.2) is 28.8 Å². The van der Waals surface area contributed by atoms with E-state index in [9.17, 15) is 4.79 Å². The molecule has 24 heavy (non-hydrogen) atoms. The van der Waals surface area contributed by atoms with Gasteiger partial charge in [-0.25, -0.2) is 0 Å². The van der Waals surface area contributed by atoms with E-state index in [1.807, 2.05) is 35.0 Å². The molecule has 1 saturated carbocycles. The molecule has 6 nitrogen and oxygen atoms in total. The van der Waals surface area contributed by atoms with Gasteiger partial charge in [0.25, 0.3) is 0 Å². The van der Waals surface area contributed by atoms with E-state index in [2.05, 4.69) is 16.2 Å². The van der Waals surface area contributed by atoms with Crippen molar-refractivity contribution in [3.05, 3.63) is 41.5 Å². The summed E-state index contributed by atoms with van der Waals surface area (Å²) in [7, 11) is 1.92. The first kappa shape index (κ1) is 15.3. The molecule has 2 heterocycles. The summed E-state index contributed by atoms with van der Waals surface area (Å²) >= 11 is 0. The van der Waals surface area contributed by atoms with Gasteiger partial charge < -0.3 is 9.42 Å². The molecule has 0 unspecified atom stereocenters. The molecule has 4 rings (SSSR count). The Morgan fingerprint density at radius 1 is 1.38 bits per heavy atom. The van der Waals surface area contributed by atoms with Crippen LogP contribution in [0.1, 0.15) is 42.5 Å². The third-order valence-electron chi connectivity index (χ3n) is 4.94. The van der Waals surface area contributed by atoms with Gasteiger partial charge in [0.05, 0.1) is 13.1 Å². The first-order valence-corrected chi connectivity index (χ1v) is 8.60. The predicted octanol–water partition coefficient (Wildman–Crippen LogP) is 2.36. The van der Waals surface area contributed by atoms with Crippen LogP contribution in [0.2, 0.25) is 0 Å². The topological polar surface area (TPSA) is 62.5 Å². The van der Waals surface area contributed by atoms with Gasteiger partial charge in [-0.1, -0.05) is 29.8 Å². The number of carbonyl (C=O) groups is 1. The monoisotopic (exact) mass is 326 g/mol. The zero-order valence-electron chi connectivity index (χ0n) is 13.9. The van der Waals surface area contributed by atoms with Crippen LogP contribution in [0, 0.1) is 0 Å². The Kier molecular flexibility index (Phi) is 4.06. The Morgan fingerprint density at radius 2 is 2.21 bits per heavy atom. The molecule has 0 atom stereocenters. The number of amides is 1. The first-order chi connectivity index (χ1) is 11.7. The van der Waals surface area contributed by atoms with Crippen molar-refractivity contribution in [2.75, 3.05) is 25.0 Å². The number of hydrogen-bond acceptors (Lipinski definition) is 5. The Bertz CT molecular complexity index is 738. The van der Waals surface area contributed by atoms with E-state index in [1.54, 1.807) is 0 Å². The summed E-state index contributed by atoms with van der Waals surface area (Å²) in [5.41, 5.74) is 2.29. The molecule has 0 N–H and O–H groups in total. The fourth-order valence-corrected chi connectivity index (χ4v) is 3.36. The summed E-state index contributed by atoms with van der Waals surface area (Å²) in [6, 6.07) is 8.11. The summed E-state index contributed by atoms with van der Waals surface area (Å²) in [6.07, 6.45) is 4.46. The van der Waals surface area contributed by atoms with Crippen molar-refractivity contribution in [3.8, 4) is 0 Å². The minimum atomic E-state index is 0.116. The van der Waals surface area contributed by atoms with Crippen molar-refractivity contribution in [1.82, 2.24) is 15.0 Å². The number of hydrogen-bond donors (Lipinski definition) is 0. The Balaban J connectivity index is 1.35. The average Bonchev–Trinajstić information content (AvgIpc) is 3.12. The second-order valence-corrected chi connectivity index (χ2v) is 6.77. The number of para-hydroxylation sites is 1. The molecule has 0 radical (unpaired) electrons. The molecule has 1 aliphatic carbocycles. The quantitative estimate of drug-likeness (QED) is 0.844. The number of benzene rings is 1. The Labute approximate surface area is 141 Å². The fraction of sp³-hybridized carbons (Fsp3) is 0.500. The van der Waals surface area contributed by atoms with Crippen molar-refractivity contribution < 1.29 is 9.32 Å². The van der Waals surface area contributed by atoms with Gasteiger partial charge in [0, 0.05) is 18.2 Å². The van der Waals surface area contributed by atoms with Gasteiger partial charge in [-0.05, 0) is 37.9 Å². The van der Waals surface area contributed by atoms with Crippen LogP contribution in [0.4, 0.5) is 5.69 Å². The second-order valence-electron chi connectivity index (χ2n) is 6.77. The number of fused-ring (bicyclic) bond motifs is 1. The summed E-state index contributed by atoms with van der Waals surface area (Å²) in [5, 5.41) is 4.05. The molecule has 126 valence electrons. The minimum absolute atomic E-state index is 0.116. The van der Waals surface area contributed by atoms with Gasteiger partial charge in [-0.2, -0.15) is 4.98 Å². The number of aromatic nitrogens is 2. The molecule has 0 bridgehead atoms. The van der Waals surface area contributed by atoms with E-state index in [0.717, 1.165) is 37.4 Å². The normalized spacial score (nSPS) is 17.2. The predicted molar refractivity (Wildman–Crippen MR) is 89.7 cm³/mol. The maximum Gasteiger partial charge on any atom is 0.241 e. The van der Waals surface area contributed by atoms with Crippen molar-refractivity contribution in [1.29, 1.82) is 0 Å². The SMILES string of the molecule is CN(CC(=O)N1CCc2ccccc21)Cc1noc(C2CCC2)n1. The van der Waals surface area contributed by atoms with Crippen molar-refractivity contribution in [2.24, 2.45) is 0 Å². The molecule has 1 aromatic carbocycles. The van der Waals surface area contributed by atoms with Crippen LogP contribution < -0.4 is 4.90 Å². The number of anilines is 1. The van der Waals surface area contributed by atoms with Gasteiger partial charge in [-0.3, -0.25) is 9.69 Å². The fourth-order valence-electron chi connectivity index (χ4n) is 3.36. The Hall–Kier alpha value is -2.21. The summed E-state index contributed by atoms with van der Waals surface area (Å²) in [6.45, 7) is 1.64. The lowest BCUT2D eigenvalue weighted by Gasteiger charge is -2.21. The van der Waals surface area contributed by atoms with Gasteiger partial charge >= 0.3 is 0 Å². The van der Waals surface area contributed by atoms with E-state index in [0.29, 0.717) is 24.8 Å². The molecule has 1 aliphatic heterocycles. The van der Waals surface area contributed by atoms with Crippen LogP contribution in [0.25, 0.3) is 0 Å². The third-order valence-corrected chi connectivity index (χ3v) is 4.94. The molecule has 1 amide bonds. The van der Waals surface area contributed by atoms with Crippen LogP contribution in [0.5, 0.6) is 0 Å². The van der Waals surface area contributed by atoms with Gasteiger partial charge in [0.15, 0.2) is 5.82 Å². The highest BCUT2D eigenvalue weighted by Crippen LogP contribution is 2.35. The molecule has 1 aromatic heterocycles. The first-order valence-electron chi connectivity index (χ1n) is 8.60. The molecular formula is C18H22N4O2. The second kappa shape index (κ2) is 6.36. The van der Waals surface area contributed by atoms with Gasteiger partial charge in [0.1, 0.15) is 0 Å². The van der Waals surface area contributed by atoms with Gasteiger partial charge in [-0.15, -0.1) is 0 Å². The Morgan fingerprint density at radius 3 is 3.00 bits per heavy atom. The zero-order valence-corrected chi connectivity index (χ0v) is 13.9. The lowest BCUT2D eigenvalue weighted by Crippen LogP contribution is -2.38. The molecule has 1 fully saturated rings. The summed E-state index contributed by atoms with van der Waals surface area (Å²) in [4.78, 5) is 20.9. The lowest BCUT2D eigenvalue weighted by atomic mass is 9.85. The molecule has 0 spiro atoms. The number of nitrogens with zero attached hydrogens (tertiary/aromatic N) is 4. The molecule has 6 heteroatoms. The molecule has 2 aromatic rings. The van der Waals surface area contributed by atoms with E-state index in [4.69, 9.17) is 4.52 Å². The van der Waals surface area contributed by atoms with Crippen LogP contribution in [-0.2, 0) is 17.8 Å². The van der Waals surface area contributed by atoms with Crippen LogP contribution >= 0.6 is 0 Å². The zero-order chi connectivity index (χ0) is 16.5. The van der Waals surface area contributed by atoms with E-state index in [1.165, 1.54) is 12.0 Å². The average molecular weight is 326 g/mol. The maximum absolute atomic E-state index is 12.6. The van der Waals surface area contributed by atoms with Crippen LogP contribution in [0.3, 0.4) is 0 Å². The van der Waals surface area contributed by atoms with Crippen LogP contribution in [-0.4, -0.2) is 41.1 Å².